The van der Waals surface area contributed by atoms with Crippen molar-refractivity contribution >= 4 is 5.57 Å². The summed E-state index contributed by atoms with van der Waals surface area (Å²) in [5.41, 5.74) is 5.61. The molecule has 106 valence electrons. The van der Waals surface area contributed by atoms with Crippen LogP contribution in [0.3, 0.4) is 0 Å². The van der Waals surface area contributed by atoms with E-state index in [1.165, 1.54) is 22.3 Å². The van der Waals surface area contributed by atoms with Gasteiger partial charge in [0.1, 0.15) is 0 Å². The van der Waals surface area contributed by atoms with E-state index in [2.05, 4.69) is 83.7 Å². The van der Waals surface area contributed by atoms with Crippen molar-refractivity contribution in [1.82, 2.24) is 0 Å². The lowest BCUT2D eigenvalue weighted by Gasteiger charge is -2.31. The van der Waals surface area contributed by atoms with E-state index in [0.717, 1.165) is 0 Å². The van der Waals surface area contributed by atoms with E-state index in [4.69, 9.17) is 0 Å². The first-order valence-corrected chi connectivity index (χ1v) is 7.45. The van der Waals surface area contributed by atoms with Crippen LogP contribution >= 0.6 is 0 Å². The van der Waals surface area contributed by atoms with E-state index in [1.807, 2.05) is 0 Å². The summed E-state index contributed by atoms with van der Waals surface area (Å²) in [6.07, 6.45) is 4.73. The van der Waals surface area contributed by atoms with Crippen molar-refractivity contribution in [2.75, 3.05) is 0 Å². The Balaban J connectivity index is 2.26. The number of benzene rings is 1. The zero-order valence-electron chi connectivity index (χ0n) is 13.4. The average molecular weight is 266 g/mol. The lowest BCUT2D eigenvalue weighted by molar-refractivity contribution is 0.406. The van der Waals surface area contributed by atoms with E-state index in [-0.39, 0.29) is 5.41 Å². The number of rotatable bonds is 3. The first-order valence-electron chi connectivity index (χ1n) is 7.45. The molecule has 0 nitrogen and oxygen atoms in total. The molecule has 0 saturated carbocycles. The molecule has 0 spiro atoms. The monoisotopic (exact) mass is 266 g/mol. The van der Waals surface area contributed by atoms with Gasteiger partial charge in [-0.2, -0.15) is 0 Å². The van der Waals surface area contributed by atoms with Crippen molar-refractivity contribution in [3.63, 3.8) is 0 Å². The molecule has 1 aromatic rings. The molecule has 0 aromatic heterocycles. The normalized spacial score (nSPS) is 20.4. The molecule has 2 unspecified atom stereocenters. The van der Waals surface area contributed by atoms with Gasteiger partial charge in [-0.05, 0) is 29.4 Å². The maximum atomic E-state index is 4.35. The molecule has 0 bridgehead atoms. The van der Waals surface area contributed by atoms with Gasteiger partial charge in [0.15, 0.2) is 0 Å². The Morgan fingerprint density at radius 2 is 1.75 bits per heavy atom. The molecule has 0 N–H and O–H groups in total. The second-order valence-corrected chi connectivity index (χ2v) is 6.97. The Kier molecular flexibility index (Phi) is 4.04. The van der Waals surface area contributed by atoms with Crippen LogP contribution in [0.25, 0.3) is 5.57 Å². The van der Waals surface area contributed by atoms with Crippen molar-refractivity contribution in [3.8, 4) is 0 Å². The first-order chi connectivity index (χ1) is 9.30. The van der Waals surface area contributed by atoms with E-state index >= 15 is 0 Å². The van der Waals surface area contributed by atoms with Gasteiger partial charge in [-0.25, -0.2) is 0 Å². The van der Waals surface area contributed by atoms with Crippen LogP contribution in [0, 0.1) is 17.3 Å². The lowest BCUT2D eigenvalue weighted by Crippen LogP contribution is -2.20. The first kappa shape index (κ1) is 14.8. The highest BCUT2D eigenvalue weighted by Crippen LogP contribution is 2.41. The third kappa shape index (κ3) is 2.95. The van der Waals surface area contributed by atoms with Crippen LogP contribution in [0.2, 0.25) is 0 Å². The standard InChI is InChI=1S/C20H26/c1-14-12-18(17-10-8-7-9-11-17)13-19(14)15(2)16(3)20(4,5)6/h7-13,15,19H,3H2,1-2,4-6H3. The van der Waals surface area contributed by atoms with Crippen LogP contribution in [0.5, 0.6) is 0 Å². The molecule has 0 heteroatoms. The van der Waals surface area contributed by atoms with E-state index in [9.17, 15) is 0 Å². The predicted octanol–water partition coefficient (Wildman–Crippen LogP) is 5.88. The van der Waals surface area contributed by atoms with Crippen LogP contribution in [0.1, 0.15) is 40.2 Å². The van der Waals surface area contributed by atoms with Crippen LogP contribution in [-0.4, -0.2) is 0 Å². The minimum Gasteiger partial charge on any atom is -0.0990 e. The number of allylic oxidation sites excluding steroid dienone is 5. The molecule has 0 heterocycles. The molecule has 1 aliphatic rings. The van der Waals surface area contributed by atoms with Gasteiger partial charge in [-0.1, -0.05) is 87.9 Å². The Hall–Kier alpha value is -1.56. The van der Waals surface area contributed by atoms with Crippen LogP contribution < -0.4 is 0 Å². The minimum absolute atomic E-state index is 0.170. The maximum Gasteiger partial charge on any atom is 0.00495 e. The quantitative estimate of drug-likeness (QED) is 0.599. The van der Waals surface area contributed by atoms with Gasteiger partial charge in [-0.3, -0.25) is 0 Å². The van der Waals surface area contributed by atoms with Crippen molar-refractivity contribution in [2.24, 2.45) is 17.3 Å². The summed E-state index contributed by atoms with van der Waals surface area (Å²) in [5.74, 6) is 0.962. The van der Waals surface area contributed by atoms with Crippen molar-refractivity contribution in [2.45, 2.75) is 34.6 Å². The van der Waals surface area contributed by atoms with E-state index in [0.29, 0.717) is 11.8 Å². The highest BCUT2D eigenvalue weighted by molar-refractivity contribution is 5.78. The molecule has 0 aliphatic heterocycles. The highest BCUT2D eigenvalue weighted by atomic mass is 14.3. The zero-order valence-corrected chi connectivity index (χ0v) is 13.4. The summed E-state index contributed by atoms with van der Waals surface area (Å²) in [6.45, 7) is 15.6. The molecule has 0 amide bonds. The summed E-state index contributed by atoms with van der Waals surface area (Å²) in [4.78, 5) is 0. The lowest BCUT2D eigenvalue weighted by atomic mass is 9.74. The fraction of sp³-hybridized carbons (Fsp3) is 0.400. The summed E-state index contributed by atoms with van der Waals surface area (Å²) < 4.78 is 0. The molecule has 20 heavy (non-hydrogen) atoms. The second kappa shape index (κ2) is 5.44. The predicted molar refractivity (Wildman–Crippen MR) is 89.4 cm³/mol. The molecule has 1 aliphatic carbocycles. The van der Waals surface area contributed by atoms with Gasteiger partial charge >= 0.3 is 0 Å². The molecule has 0 fully saturated rings. The summed E-state index contributed by atoms with van der Waals surface area (Å²) in [6, 6.07) is 10.6. The Morgan fingerprint density at radius 1 is 1.15 bits per heavy atom. The molecule has 2 atom stereocenters. The van der Waals surface area contributed by atoms with Gasteiger partial charge in [0.25, 0.3) is 0 Å². The Bertz CT molecular complexity index is 549. The van der Waals surface area contributed by atoms with Crippen LogP contribution in [0.4, 0.5) is 0 Å². The highest BCUT2D eigenvalue weighted by Gasteiger charge is 2.29. The third-order valence-corrected chi connectivity index (χ3v) is 4.43. The third-order valence-electron chi connectivity index (χ3n) is 4.43. The van der Waals surface area contributed by atoms with Crippen molar-refractivity contribution in [3.05, 3.63) is 65.8 Å². The average Bonchev–Trinajstić information content (AvgIpc) is 2.79. The number of hydrogen-bond acceptors (Lipinski definition) is 0. The van der Waals surface area contributed by atoms with Gasteiger partial charge in [0.2, 0.25) is 0 Å². The van der Waals surface area contributed by atoms with Crippen molar-refractivity contribution in [1.29, 1.82) is 0 Å². The SMILES string of the molecule is C=C(C(C)C1C=C(c2ccccc2)C=C1C)C(C)(C)C. The smallest absolute Gasteiger partial charge is 0.00495 e. The Morgan fingerprint density at radius 3 is 2.30 bits per heavy atom. The second-order valence-electron chi connectivity index (χ2n) is 6.97. The molecule has 0 saturated heterocycles. The molecular formula is C20H26. The largest absolute Gasteiger partial charge is 0.0990 e. The molecular weight excluding hydrogens is 240 g/mol. The zero-order chi connectivity index (χ0) is 14.9. The molecule has 1 aromatic carbocycles. The Labute approximate surface area is 123 Å². The van der Waals surface area contributed by atoms with Gasteiger partial charge in [0, 0.05) is 5.92 Å². The summed E-state index contributed by atoms with van der Waals surface area (Å²) in [7, 11) is 0. The van der Waals surface area contributed by atoms with Gasteiger partial charge < -0.3 is 0 Å². The summed E-state index contributed by atoms with van der Waals surface area (Å²) in [5, 5.41) is 0. The van der Waals surface area contributed by atoms with Crippen LogP contribution in [-0.2, 0) is 0 Å². The van der Waals surface area contributed by atoms with E-state index in [1.54, 1.807) is 0 Å². The summed E-state index contributed by atoms with van der Waals surface area (Å²) >= 11 is 0. The van der Waals surface area contributed by atoms with E-state index < -0.39 is 0 Å². The fourth-order valence-corrected chi connectivity index (χ4v) is 2.96. The van der Waals surface area contributed by atoms with Crippen LogP contribution in [0.15, 0.2) is 60.2 Å². The van der Waals surface area contributed by atoms with Crippen molar-refractivity contribution < 1.29 is 0 Å². The fourth-order valence-electron chi connectivity index (χ4n) is 2.96. The molecule has 2 rings (SSSR count). The minimum atomic E-state index is 0.170. The maximum absolute atomic E-state index is 4.35. The number of hydrogen-bond donors (Lipinski definition) is 0. The van der Waals surface area contributed by atoms with Gasteiger partial charge in [0.05, 0.1) is 0 Å². The topological polar surface area (TPSA) is 0 Å². The molecule has 0 radical (unpaired) electrons. The van der Waals surface area contributed by atoms with Gasteiger partial charge in [-0.15, -0.1) is 0 Å².